The molecule has 0 spiro atoms. The standard InChI is InChI=1S/C28H27NO3/c1-20(30)29-28(19-18-22-12-10-21(11-13-22)14-17-27(31)32)25-8-4-2-6-23(25)15-16-24-7-3-5-9-26(24)28/h2-13,15-16H,14,17-19H2,1H3,(H,29,30)(H,31,32). The first-order chi connectivity index (χ1) is 15.5. The van der Waals surface area contributed by atoms with Crippen LogP contribution in [0.25, 0.3) is 12.2 Å². The van der Waals surface area contributed by atoms with Crippen molar-refractivity contribution < 1.29 is 14.7 Å². The van der Waals surface area contributed by atoms with Crippen LogP contribution in [-0.2, 0) is 28.0 Å². The Morgan fingerprint density at radius 2 is 1.28 bits per heavy atom. The van der Waals surface area contributed by atoms with Gasteiger partial charge in [0.25, 0.3) is 0 Å². The summed E-state index contributed by atoms with van der Waals surface area (Å²) < 4.78 is 0. The van der Waals surface area contributed by atoms with Gasteiger partial charge in [-0.2, -0.15) is 0 Å². The normalized spacial score (nSPS) is 13.5. The van der Waals surface area contributed by atoms with Crippen molar-refractivity contribution in [3.05, 3.63) is 106 Å². The minimum Gasteiger partial charge on any atom is -0.481 e. The number of carbonyl (C=O) groups is 2. The Bertz CT molecular complexity index is 1110. The molecule has 0 radical (unpaired) electrons. The first-order valence-electron chi connectivity index (χ1n) is 10.9. The number of aryl methyl sites for hydroxylation is 2. The Balaban J connectivity index is 1.71. The molecule has 4 rings (SSSR count). The number of carboxylic acids is 1. The largest absolute Gasteiger partial charge is 0.481 e. The number of benzene rings is 3. The number of carbonyl (C=O) groups excluding carboxylic acids is 1. The summed E-state index contributed by atoms with van der Waals surface area (Å²) in [5, 5.41) is 12.2. The van der Waals surface area contributed by atoms with Crippen LogP contribution in [0.15, 0.2) is 72.8 Å². The summed E-state index contributed by atoms with van der Waals surface area (Å²) in [5.41, 5.74) is 5.90. The first-order valence-corrected chi connectivity index (χ1v) is 10.9. The Morgan fingerprint density at radius 1 is 0.781 bits per heavy atom. The lowest BCUT2D eigenvalue weighted by molar-refractivity contribution is -0.137. The molecule has 1 aliphatic rings. The van der Waals surface area contributed by atoms with Gasteiger partial charge < -0.3 is 10.4 Å². The Morgan fingerprint density at radius 3 is 1.78 bits per heavy atom. The van der Waals surface area contributed by atoms with Gasteiger partial charge in [-0.3, -0.25) is 9.59 Å². The van der Waals surface area contributed by atoms with E-state index < -0.39 is 11.5 Å². The van der Waals surface area contributed by atoms with E-state index in [-0.39, 0.29) is 12.3 Å². The zero-order chi connectivity index (χ0) is 22.6. The maximum atomic E-state index is 12.5. The van der Waals surface area contributed by atoms with Crippen LogP contribution in [-0.4, -0.2) is 17.0 Å². The second kappa shape index (κ2) is 9.23. The SMILES string of the molecule is CC(=O)NC1(CCc2ccc(CCC(=O)O)cc2)c2ccccc2C=Cc2ccccc21. The van der Waals surface area contributed by atoms with E-state index in [4.69, 9.17) is 5.11 Å². The van der Waals surface area contributed by atoms with Crippen molar-refractivity contribution in [2.24, 2.45) is 0 Å². The number of nitrogens with one attached hydrogen (secondary N) is 1. The molecule has 0 unspecified atom stereocenters. The number of fused-ring (bicyclic) bond motifs is 2. The smallest absolute Gasteiger partial charge is 0.303 e. The Hall–Kier alpha value is -3.66. The summed E-state index contributed by atoms with van der Waals surface area (Å²) in [5.74, 6) is -0.855. The third kappa shape index (κ3) is 4.50. The quantitative estimate of drug-likeness (QED) is 0.547. The lowest BCUT2D eigenvalue weighted by Crippen LogP contribution is -2.47. The van der Waals surface area contributed by atoms with Gasteiger partial charge in [-0.15, -0.1) is 0 Å². The first kappa shape index (κ1) is 21.6. The van der Waals surface area contributed by atoms with Gasteiger partial charge in [-0.25, -0.2) is 0 Å². The van der Waals surface area contributed by atoms with Crippen molar-refractivity contribution in [1.82, 2.24) is 5.32 Å². The molecule has 0 aromatic heterocycles. The van der Waals surface area contributed by atoms with Crippen LogP contribution in [0.1, 0.15) is 53.1 Å². The molecule has 3 aromatic rings. The van der Waals surface area contributed by atoms with Gasteiger partial charge >= 0.3 is 5.97 Å². The molecule has 0 heterocycles. The molecule has 0 saturated heterocycles. The topological polar surface area (TPSA) is 66.4 Å². The van der Waals surface area contributed by atoms with Gasteiger partial charge in [0.15, 0.2) is 0 Å². The van der Waals surface area contributed by atoms with Crippen LogP contribution in [0.2, 0.25) is 0 Å². The molecule has 1 amide bonds. The van der Waals surface area contributed by atoms with Crippen molar-refractivity contribution in [2.45, 2.75) is 38.1 Å². The number of carboxylic acid groups (broad SMARTS) is 1. The van der Waals surface area contributed by atoms with Crippen molar-refractivity contribution in [3.8, 4) is 0 Å². The van der Waals surface area contributed by atoms with Crippen molar-refractivity contribution in [2.75, 3.05) is 0 Å². The number of hydrogen-bond donors (Lipinski definition) is 2. The predicted molar refractivity (Wildman–Crippen MR) is 127 cm³/mol. The molecular weight excluding hydrogens is 398 g/mol. The van der Waals surface area contributed by atoms with E-state index in [2.05, 4.69) is 53.9 Å². The second-order valence-electron chi connectivity index (χ2n) is 8.30. The molecular formula is C28H27NO3. The fourth-order valence-electron chi connectivity index (χ4n) is 4.61. The van der Waals surface area contributed by atoms with E-state index in [1.165, 1.54) is 0 Å². The fourth-order valence-corrected chi connectivity index (χ4v) is 4.61. The van der Waals surface area contributed by atoms with Gasteiger partial charge in [0.2, 0.25) is 5.91 Å². The minimum atomic E-state index is -0.786. The number of hydrogen-bond acceptors (Lipinski definition) is 2. The molecule has 0 atom stereocenters. The van der Waals surface area contributed by atoms with Crippen LogP contribution in [0.5, 0.6) is 0 Å². The molecule has 3 aromatic carbocycles. The highest BCUT2D eigenvalue weighted by Gasteiger charge is 2.38. The van der Waals surface area contributed by atoms with Gasteiger partial charge in [0, 0.05) is 13.3 Å². The molecule has 4 heteroatoms. The molecule has 0 aliphatic heterocycles. The highest BCUT2D eigenvalue weighted by atomic mass is 16.4. The summed E-state index contributed by atoms with van der Waals surface area (Å²) >= 11 is 0. The lowest BCUT2D eigenvalue weighted by Gasteiger charge is -2.37. The molecule has 162 valence electrons. The monoisotopic (exact) mass is 425 g/mol. The number of aliphatic carboxylic acids is 1. The summed E-state index contributed by atoms with van der Waals surface area (Å²) in [6.07, 6.45) is 6.37. The number of amides is 1. The van der Waals surface area contributed by atoms with E-state index in [9.17, 15) is 9.59 Å². The summed E-state index contributed by atoms with van der Waals surface area (Å²) in [4.78, 5) is 23.3. The zero-order valence-corrected chi connectivity index (χ0v) is 18.2. The molecule has 0 saturated carbocycles. The highest BCUT2D eigenvalue weighted by molar-refractivity contribution is 5.81. The van der Waals surface area contributed by atoms with Gasteiger partial charge in [0.05, 0.1) is 5.54 Å². The van der Waals surface area contributed by atoms with Gasteiger partial charge in [-0.05, 0) is 52.6 Å². The van der Waals surface area contributed by atoms with Crippen LogP contribution in [0.4, 0.5) is 0 Å². The lowest BCUT2D eigenvalue weighted by atomic mass is 9.76. The molecule has 4 nitrogen and oxygen atoms in total. The maximum absolute atomic E-state index is 12.5. The van der Waals surface area contributed by atoms with Crippen molar-refractivity contribution in [1.29, 1.82) is 0 Å². The molecule has 0 bridgehead atoms. The van der Waals surface area contributed by atoms with Crippen LogP contribution in [0, 0.1) is 0 Å². The van der Waals surface area contributed by atoms with Crippen LogP contribution < -0.4 is 5.32 Å². The van der Waals surface area contributed by atoms with E-state index in [1.807, 2.05) is 36.4 Å². The molecule has 1 aliphatic carbocycles. The van der Waals surface area contributed by atoms with Crippen molar-refractivity contribution >= 4 is 24.0 Å². The summed E-state index contributed by atoms with van der Waals surface area (Å²) in [6.45, 7) is 1.57. The Labute approximate surface area is 188 Å². The van der Waals surface area contributed by atoms with Gasteiger partial charge in [0.1, 0.15) is 0 Å². The minimum absolute atomic E-state index is 0.0690. The predicted octanol–water partition coefficient (Wildman–Crippen LogP) is 5.20. The van der Waals surface area contributed by atoms with Gasteiger partial charge in [-0.1, -0.05) is 84.9 Å². The Kier molecular flexibility index (Phi) is 6.22. The third-order valence-corrected chi connectivity index (χ3v) is 6.11. The molecule has 2 N–H and O–H groups in total. The maximum Gasteiger partial charge on any atom is 0.303 e. The highest BCUT2D eigenvalue weighted by Crippen LogP contribution is 2.41. The average molecular weight is 426 g/mol. The molecule has 0 fully saturated rings. The third-order valence-electron chi connectivity index (χ3n) is 6.11. The average Bonchev–Trinajstić information content (AvgIpc) is 2.92. The van der Waals surface area contributed by atoms with E-state index >= 15 is 0 Å². The fraction of sp³-hybridized carbons (Fsp3) is 0.214. The van der Waals surface area contributed by atoms with Crippen molar-refractivity contribution in [3.63, 3.8) is 0 Å². The number of rotatable bonds is 7. The van der Waals surface area contributed by atoms with Crippen LogP contribution in [0.3, 0.4) is 0 Å². The van der Waals surface area contributed by atoms with E-state index in [0.717, 1.165) is 39.8 Å². The zero-order valence-electron chi connectivity index (χ0n) is 18.2. The van der Waals surface area contributed by atoms with E-state index in [0.29, 0.717) is 12.8 Å². The van der Waals surface area contributed by atoms with Crippen LogP contribution >= 0.6 is 0 Å². The second-order valence-corrected chi connectivity index (χ2v) is 8.30. The summed E-state index contributed by atoms with van der Waals surface area (Å²) in [7, 11) is 0. The molecule has 32 heavy (non-hydrogen) atoms. The summed E-state index contributed by atoms with van der Waals surface area (Å²) in [6, 6.07) is 24.6. The van der Waals surface area contributed by atoms with E-state index in [1.54, 1.807) is 6.92 Å².